The first-order valence-corrected chi connectivity index (χ1v) is 8.53. The van der Waals surface area contributed by atoms with Crippen molar-refractivity contribution in [3.8, 4) is 0 Å². The van der Waals surface area contributed by atoms with Crippen LogP contribution in [0, 0.1) is 5.82 Å². The highest BCUT2D eigenvalue weighted by Gasteiger charge is 2.29. The average Bonchev–Trinajstić information content (AvgIpc) is 2.87. The standard InChI is InChI=1S/C15H14FNO2S2/c16-9-3-1-4-10(7-9)20-8-13-17-14-11(15(18)19)5-2-6-12(14)21-13/h1,3-4,7,11H,2,5-6,8H2,(H,18,19). The number of aromatic nitrogens is 1. The number of thiazole rings is 1. The molecule has 1 atom stereocenters. The Morgan fingerprint density at radius 3 is 3.14 bits per heavy atom. The van der Waals surface area contributed by atoms with Crippen molar-refractivity contribution in [2.45, 2.75) is 35.8 Å². The van der Waals surface area contributed by atoms with Gasteiger partial charge in [-0.05, 0) is 37.5 Å². The molecule has 0 saturated heterocycles. The quantitative estimate of drug-likeness (QED) is 0.861. The van der Waals surface area contributed by atoms with Crippen LogP contribution in [0.25, 0.3) is 0 Å². The number of carboxylic acids is 1. The summed E-state index contributed by atoms with van der Waals surface area (Å²) >= 11 is 3.11. The molecule has 1 aromatic heterocycles. The van der Waals surface area contributed by atoms with Gasteiger partial charge in [-0.3, -0.25) is 4.79 Å². The summed E-state index contributed by atoms with van der Waals surface area (Å²) < 4.78 is 13.1. The molecule has 1 aliphatic rings. The molecule has 3 nitrogen and oxygen atoms in total. The number of rotatable bonds is 4. The van der Waals surface area contributed by atoms with Gasteiger partial charge in [0.1, 0.15) is 10.8 Å². The molecular weight excluding hydrogens is 309 g/mol. The van der Waals surface area contributed by atoms with Crippen LogP contribution in [0.15, 0.2) is 29.2 Å². The molecule has 0 radical (unpaired) electrons. The molecule has 0 spiro atoms. The maximum absolute atomic E-state index is 13.1. The van der Waals surface area contributed by atoms with E-state index in [1.165, 1.54) is 23.9 Å². The molecule has 0 saturated carbocycles. The first-order chi connectivity index (χ1) is 10.1. The van der Waals surface area contributed by atoms with E-state index in [1.807, 2.05) is 6.07 Å². The summed E-state index contributed by atoms with van der Waals surface area (Å²) in [5, 5.41) is 10.2. The Morgan fingerprint density at radius 2 is 2.38 bits per heavy atom. The van der Waals surface area contributed by atoms with Gasteiger partial charge in [0.25, 0.3) is 0 Å². The van der Waals surface area contributed by atoms with Crippen molar-refractivity contribution in [2.24, 2.45) is 0 Å². The number of fused-ring (bicyclic) bond motifs is 1. The van der Waals surface area contributed by atoms with Crippen molar-refractivity contribution in [2.75, 3.05) is 0 Å². The minimum Gasteiger partial charge on any atom is -0.481 e. The second-order valence-corrected chi connectivity index (χ2v) is 7.16. The van der Waals surface area contributed by atoms with Crippen LogP contribution in [0.4, 0.5) is 4.39 Å². The number of aryl methyl sites for hydroxylation is 1. The summed E-state index contributed by atoms with van der Waals surface area (Å²) in [5.41, 5.74) is 0.744. The van der Waals surface area contributed by atoms with Gasteiger partial charge in [0.2, 0.25) is 0 Å². The molecule has 2 aromatic rings. The zero-order valence-corrected chi connectivity index (χ0v) is 12.8. The van der Waals surface area contributed by atoms with Crippen molar-refractivity contribution in [3.63, 3.8) is 0 Å². The lowest BCUT2D eigenvalue weighted by atomic mass is 9.91. The van der Waals surface area contributed by atoms with Crippen LogP contribution in [-0.2, 0) is 17.0 Å². The van der Waals surface area contributed by atoms with Gasteiger partial charge in [0.05, 0.1) is 17.4 Å². The fraction of sp³-hybridized carbons (Fsp3) is 0.333. The van der Waals surface area contributed by atoms with Crippen LogP contribution in [0.3, 0.4) is 0 Å². The third-order valence-electron chi connectivity index (χ3n) is 3.46. The Balaban J connectivity index is 1.74. The normalized spacial score (nSPS) is 17.5. The second kappa shape index (κ2) is 6.15. The third-order valence-corrected chi connectivity index (χ3v) is 5.77. The summed E-state index contributed by atoms with van der Waals surface area (Å²) in [6, 6.07) is 6.47. The Kier molecular flexibility index (Phi) is 4.26. The van der Waals surface area contributed by atoms with E-state index in [0.29, 0.717) is 12.2 Å². The summed E-state index contributed by atoms with van der Waals surface area (Å²) in [7, 11) is 0. The fourth-order valence-electron chi connectivity index (χ4n) is 2.47. The van der Waals surface area contributed by atoms with Gasteiger partial charge in [-0.25, -0.2) is 9.37 Å². The SMILES string of the molecule is O=C(O)C1CCCc2sc(CSc3cccc(F)c3)nc21. The molecule has 0 fully saturated rings. The van der Waals surface area contributed by atoms with Crippen molar-refractivity contribution in [3.05, 3.63) is 45.7 Å². The summed E-state index contributed by atoms with van der Waals surface area (Å²) in [5.74, 6) is -0.846. The van der Waals surface area contributed by atoms with E-state index >= 15 is 0 Å². The molecule has 6 heteroatoms. The monoisotopic (exact) mass is 323 g/mol. The van der Waals surface area contributed by atoms with Crippen LogP contribution < -0.4 is 0 Å². The lowest BCUT2D eigenvalue weighted by Crippen LogP contribution is -2.17. The second-order valence-electron chi connectivity index (χ2n) is 4.95. The molecule has 3 rings (SSSR count). The molecule has 1 aromatic carbocycles. The van der Waals surface area contributed by atoms with Crippen molar-refractivity contribution >= 4 is 29.1 Å². The maximum atomic E-state index is 13.1. The molecule has 0 aliphatic heterocycles. The molecule has 21 heavy (non-hydrogen) atoms. The van der Waals surface area contributed by atoms with Crippen LogP contribution in [0.1, 0.15) is 34.3 Å². The van der Waals surface area contributed by atoms with Crippen molar-refractivity contribution in [1.82, 2.24) is 4.98 Å². The Morgan fingerprint density at radius 1 is 1.52 bits per heavy atom. The Labute approximate surface area is 130 Å². The molecular formula is C15H14FNO2S2. The smallest absolute Gasteiger partial charge is 0.312 e. The number of nitrogens with zero attached hydrogens (tertiary/aromatic N) is 1. The van der Waals surface area contributed by atoms with Gasteiger partial charge in [-0.2, -0.15) is 0 Å². The molecule has 1 N–H and O–H groups in total. The number of benzene rings is 1. The van der Waals surface area contributed by atoms with Crippen LogP contribution in [0.5, 0.6) is 0 Å². The number of hydrogen-bond donors (Lipinski definition) is 1. The number of carboxylic acid groups (broad SMARTS) is 1. The van der Waals surface area contributed by atoms with Crippen LogP contribution in [0.2, 0.25) is 0 Å². The van der Waals surface area contributed by atoms with Gasteiger partial charge >= 0.3 is 5.97 Å². The zero-order chi connectivity index (χ0) is 14.8. The number of carbonyl (C=O) groups is 1. The predicted molar refractivity (Wildman–Crippen MR) is 81.4 cm³/mol. The van der Waals surface area contributed by atoms with Gasteiger partial charge in [-0.15, -0.1) is 23.1 Å². The molecule has 110 valence electrons. The van der Waals surface area contributed by atoms with E-state index < -0.39 is 11.9 Å². The van der Waals surface area contributed by atoms with E-state index in [-0.39, 0.29) is 5.82 Å². The number of hydrogen-bond acceptors (Lipinski definition) is 4. The van der Waals surface area contributed by atoms with Gasteiger partial charge < -0.3 is 5.11 Å². The van der Waals surface area contributed by atoms with Crippen LogP contribution >= 0.6 is 23.1 Å². The summed E-state index contributed by atoms with van der Waals surface area (Å²) in [4.78, 5) is 17.7. The molecule has 1 aliphatic carbocycles. The largest absolute Gasteiger partial charge is 0.481 e. The first kappa shape index (κ1) is 14.5. The third kappa shape index (κ3) is 3.27. The molecule has 0 amide bonds. The van der Waals surface area contributed by atoms with Gasteiger partial charge in [-0.1, -0.05) is 6.07 Å². The number of thioether (sulfide) groups is 1. The fourth-order valence-corrected chi connectivity index (χ4v) is 4.58. The van der Waals surface area contributed by atoms with Crippen molar-refractivity contribution in [1.29, 1.82) is 0 Å². The topological polar surface area (TPSA) is 50.2 Å². The number of halogens is 1. The lowest BCUT2D eigenvalue weighted by molar-refractivity contribution is -0.139. The number of aliphatic carboxylic acids is 1. The van der Waals surface area contributed by atoms with E-state index in [9.17, 15) is 14.3 Å². The lowest BCUT2D eigenvalue weighted by Gasteiger charge is -2.16. The predicted octanol–water partition coefficient (Wildman–Crippen LogP) is 4.08. The highest BCUT2D eigenvalue weighted by Crippen LogP contribution is 2.36. The highest BCUT2D eigenvalue weighted by atomic mass is 32.2. The maximum Gasteiger partial charge on any atom is 0.312 e. The van der Waals surface area contributed by atoms with Gasteiger partial charge in [0, 0.05) is 9.77 Å². The van der Waals surface area contributed by atoms with E-state index in [0.717, 1.165) is 33.3 Å². The minimum atomic E-state index is -0.786. The minimum absolute atomic E-state index is 0.246. The molecule has 0 bridgehead atoms. The summed E-state index contributed by atoms with van der Waals surface area (Å²) in [6.45, 7) is 0. The first-order valence-electron chi connectivity index (χ1n) is 6.73. The Bertz CT molecular complexity index is 671. The van der Waals surface area contributed by atoms with E-state index in [2.05, 4.69) is 4.98 Å². The van der Waals surface area contributed by atoms with E-state index in [4.69, 9.17) is 0 Å². The van der Waals surface area contributed by atoms with Gasteiger partial charge in [0.15, 0.2) is 0 Å². The average molecular weight is 323 g/mol. The van der Waals surface area contributed by atoms with E-state index in [1.54, 1.807) is 17.4 Å². The Hall–Kier alpha value is -1.40. The zero-order valence-electron chi connectivity index (χ0n) is 11.2. The molecule has 1 unspecified atom stereocenters. The molecule has 1 heterocycles. The summed E-state index contributed by atoms with van der Waals surface area (Å²) in [6.07, 6.45) is 2.49. The van der Waals surface area contributed by atoms with Crippen LogP contribution in [-0.4, -0.2) is 16.1 Å². The highest BCUT2D eigenvalue weighted by molar-refractivity contribution is 7.98. The van der Waals surface area contributed by atoms with Crippen molar-refractivity contribution < 1.29 is 14.3 Å².